The number of nitrogens with one attached hydrogen (secondary N) is 1. The molecule has 0 saturated carbocycles. The molecular formula is C27H32BrN3O5S. The molecule has 3 rings (SSSR count). The molecule has 8 nitrogen and oxygen atoms in total. The van der Waals surface area contributed by atoms with Crippen LogP contribution in [0.1, 0.15) is 40.2 Å². The Kier molecular flexibility index (Phi) is 9.46. The maximum absolute atomic E-state index is 13.9. The third-order valence-electron chi connectivity index (χ3n) is 5.21. The first kappa shape index (κ1) is 28.8. The molecule has 0 unspecified atom stereocenters. The van der Waals surface area contributed by atoms with E-state index in [-0.39, 0.29) is 17.4 Å². The third kappa shape index (κ3) is 8.10. The molecule has 0 saturated heterocycles. The number of benzene rings is 2. The van der Waals surface area contributed by atoms with E-state index in [1.54, 1.807) is 83.4 Å². The average Bonchev–Trinajstić information content (AvgIpc) is 2.84. The summed E-state index contributed by atoms with van der Waals surface area (Å²) < 4.78 is 35.8. The molecule has 0 bridgehead atoms. The van der Waals surface area contributed by atoms with Gasteiger partial charge in [0.1, 0.15) is 17.5 Å². The number of carbonyl (C=O) groups is 1. The summed E-state index contributed by atoms with van der Waals surface area (Å²) in [5.41, 5.74) is 2.46. The lowest BCUT2D eigenvalue weighted by atomic mass is 10.0. The summed E-state index contributed by atoms with van der Waals surface area (Å²) in [5, 5.41) is 0. The number of pyridine rings is 1. The molecule has 1 atom stereocenters. The van der Waals surface area contributed by atoms with E-state index >= 15 is 0 Å². The summed E-state index contributed by atoms with van der Waals surface area (Å²) in [6.07, 6.45) is 3.19. The highest BCUT2D eigenvalue weighted by atomic mass is 79.9. The molecular weight excluding hydrogens is 558 g/mol. The molecule has 3 aromatic rings. The normalized spacial score (nSPS) is 13.0. The lowest BCUT2D eigenvalue weighted by Crippen LogP contribution is -2.52. The summed E-state index contributed by atoms with van der Waals surface area (Å²) in [4.78, 5) is 22.8. The maximum Gasteiger partial charge on any atom is 0.262 e. The van der Waals surface area contributed by atoms with Crippen LogP contribution >= 0.6 is 15.9 Å². The van der Waals surface area contributed by atoms with Crippen LogP contribution < -0.4 is 10.2 Å². The van der Waals surface area contributed by atoms with E-state index in [0.29, 0.717) is 17.1 Å². The highest BCUT2D eigenvalue weighted by molar-refractivity contribution is 9.10. The molecule has 0 fully saturated rings. The molecule has 0 aliphatic rings. The van der Waals surface area contributed by atoms with Crippen LogP contribution in [0.25, 0.3) is 0 Å². The van der Waals surface area contributed by atoms with Gasteiger partial charge in [0.2, 0.25) is 10.0 Å². The van der Waals surface area contributed by atoms with Crippen molar-refractivity contribution >= 4 is 31.9 Å². The number of amides is 1. The third-order valence-corrected chi connectivity index (χ3v) is 7.58. The minimum atomic E-state index is -4.11. The van der Waals surface area contributed by atoms with Gasteiger partial charge in [-0.2, -0.15) is 4.31 Å². The Hall–Kier alpha value is -2.79. The van der Waals surface area contributed by atoms with E-state index in [0.717, 1.165) is 4.47 Å². The fourth-order valence-corrected chi connectivity index (χ4v) is 5.46. The Morgan fingerprint density at radius 3 is 2.14 bits per heavy atom. The first-order valence-corrected chi connectivity index (χ1v) is 14.0. The van der Waals surface area contributed by atoms with Gasteiger partial charge in [-0.3, -0.25) is 14.6 Å². The summed E-state index contributed by atoms with van der Waals surface area (Å²) in [6, 6.07) is 15.9. The van der Waals surface area contributed by atoms with Gasteiger partial charge in [0.05, 0.1) is 10.5 Å². The molecule has 37 heavy (non-hydrogen) atoms. The van der Waals surface area contributed by atoms with E-state index < -0.39 is 27.6 Å². The molecule has 1 amide bonds. The van der Waals surface area contributed by atoms with Crippen molar-refractivity contribution in [3.8, 4) is 11.5 Å². The molecule has 0 radical (unpaired) electrons. The van der Waals surface area contributed by atoms with Crippen molar-refractivity contribution in [2.45, 2.75) is 57.7 Å². The predicted octanol–water partition coefficient (Wildman–Crippen LogP) is 5.70. The van der Waals surface area contributed by atoms with Crippen molar-refractivity contribution in [2.24, 2.45) is 5.92 Å². The minimum Gasteiger partial charge on any atom is -0.457 e. The van der Waals surface area contributed by atoms with E-state index in [1.165, 1.54) is 16.4 Å². The topological polar surface area (TPSA) is 97.8 Å². The van der Waals surface area contributed by atoms with Crippen molar-refractivity contribution in [3.63, 3.8) is 0 Å². The van der Waals surface area contributed by atoms with Crippen molar-refractivity contribution < 1.29 is 22.8 Å². The quantitative estimate of drug-likeness (QED) is 0.305. The Morgan fingerprint density at radius 2 is 1.62 bits per heavy atom. The highest BCUT2D eigenvalue weighted by Gasteiger charge is 2.38. The molecule has 2 aromatic carbocycles. The number of hydroxylamine groups is 1. The maximum atomic E-state index is 13.9. The number of halogens is 1. The highest BCUT2D eigenvalue weighted by Crippen LogP contribution is 2.28. The number of hydrogen-bond acceptors (Lipinski definition) is 6. The number of rotatable bonds is 10. The number of sulfonamides is 1. The summed E-state index contributed by atoms with van der Waals surface area (Å²) in [7, 11) is -4.11. The largest absolute Gasteiger partial charge is 0.457 e. The van der Waals surface area contributed by atoms with Crippen LogP contribution in [0.5, 0.6) is 11.5 Å². The number of hydrogen-bond donors (Lipinski definition) is 1. The van der Waals surface area contributed by atoms with Gasteiger partial charge in [0.25, 0.3) is 5.91 Å². The first-order valence-electron chi connectivity index (χ1n) is 11.8. The van der Waals surface area contributed by atoms with E-state index in [9.17, 15) is 13.2 Å². The Balaban J connectivity index is 1.94. The minimum absolute atomic E-state index is 0.0368. The van der Waals surface area contributed by atoms with Gasteiger partial charge in [-0.05, 0) is 86.8 Å². The summed E-state index contributed by atoms with van der Waals surface area (Å²) >= 11 is 3.38. The molecule has 0 aliphatic heterocycles. The van der Waals surface area contributed by atoms with Crippen molar-refractivity contribution in [2.75, 3.05) is 0 Å². The molecule has 1 heterocycles. The zero-order valence-electron chi connectivity index (χ0n) is 21.5. The number of nitrogens with zero attached hydrogens (tertiary/aromatic N) is 2. The number of carbonyl (C=O) groups excluding carboxylic acids is 1. The zero-order chi connectivity index (χ0) is 27.2. The van der Waals surface area contributed by atoms with Crippen LogP contribution in [0, 0.1) is 5.92 Å². The van der Waals surface area contributed by atoms with E-state index in [2.05, 4.69) is 26.4 Å². The van der Waals surface area contributed by atoms with Gasteiger partial charge in [0.15, 0.2) is 0 Å². The number of ether oxygens (including phenoxy) is 1. The smallest absolute Gasteiger partial charge is 0.262 e. The molecule has 10 heteroatoms. The Morgan fingerprint density at radius 1 is 1.03 bits per heavy atom. The van der Waals surface area contributed by atoms with Gasteiger partial charge < -0.3 is 4.74 Å². The van der Waals surface area contributed by atoms with Crippen LogP contribution in [-0.2, 0) is 26.2 Å². The Labute approximate surface area is 227 Å². The van der Waals surface area contributed by atoms with Gasteiger partial charge in [-0.1, -0.05) is 35.8 Å². The molecule has 198 valence electrons. The first-order chi connectivity index (χ1) is 17.4. The van der Waals surface area contributed by atoms with Crippen molar-refractivity contribution in [1.82, 2.24) is 14.8 Å². The van der Waals surface area contributed by atoms with Gasteiger partial charge in [0, 0.05) is 23.4 Å². The standard InChI is InChI=1S/C27H32BrN3O5S/c1-19(2)25(26(32)30-36-27(3,4)5)31(18-20-7-6-16-29-17-20)37(33,34)24-14-12-23(13-15-24)35-22-10-8-21(28)9-11-22/h6-17,19,25H,18H2,1-5H3,(H,30,32)/t25-/m1/s1. The second-order valence-electron chi connectivity index (χ2n) is 9.81. The van der Waals surface area contributed by atoms with Crippen LogP contribution in [0.3, 0.4) is 0 Å². The molecule has 1 N–H and O–H groups in total. The van der Waals surface area contributed by atoms with Crippen molar-refractivity contribution in [1.29, 1.82) is 0 Å². The Bertz CT molecular complexity index is 1280. The summed E-state index contributed by atoms with van der Waals surface area (Å²) in [5.74, 6) is 0.201. The lowest BCUT2D eigenvalue weighted by Gasteiger charge is -2.33. The monoisotopic (exact) mass is 589 g/mol. The SMILES string of the molecule is CC(C)[C@H](C(=O)NOC(C)(C)C)N(Cc1cccnc1)S(=O)(=O)c1ccc(Oc2ccc(Br)cc2)cc1. The lowest BCUT2D eigenvalue weighted by molar-refractivity contribution is -0.151. The molecule has 0 spiro atoms. The second kappa shape index (κ2) is 12.2. The van der Waals surface area contributed by atoms with Gasteiger partial charge in [-0.25, -0.2) is 13.9 Å². The number of aromatic nitrogens is 1. The van der Waals surface area contributed by atoms with Crippen LogP contribution in [0.2, 0.25) is 0 Å². The fourth-order valence-electron chi connectivity index (χ4n) is 3.49. The van der Waals surface area contributed by atoms with E-state index in [4.69, 9.17) is 9.57 Å². The van der Waals surface area contributed by atoms with Gasteiger partial charge in [-0.15, -0.1) is 0 Å². The summed E-state index contributed by atoms with van der Waals surface area (Å²) in [6.45, 7) is 8.92. The predicted molar refractivity (Wildman–Crippen MR) is 145 cm³/mol. The second-order valence-corrected chi connectivity index (χ2v) is 12.6. The molecule has 1 aromatic heterocycles. The average molecular weight is 591 g/mol. The van der Waals surface area contributed by atoms with Crippen molar-refractivity contribution in [3.05, 3.63) is 83.1 Å². The van der Waals surface area contributed by atoms with Crippen LogP contribution in [0.4, 0.5) is 0 Å². The molecule has 0 aliphatic carbocycles. The zero-order valence-corrected chi connectivity index (χ0v) is 23.9. The van der Waals surface area contributed by atoms with Crippen LogP contribution in [0.15, 0.2) is 82.4 Å². The van der Waals surface area contributed by atoms with E-state index in [1.807, 2.05) is 12.1 Å². The van der Waals surface area contributed by atoms with Gasteiger partial charge >= 0.3 is 0 Å². The van der Waals surface area contributed by atoms with Crippen LogP contribution in [-0.4, -0.2) is 35.3 Å². The fraction of sp³-hybridized carbons (Fsp3) is 0.333.